The summed E-state index contributed by atoms with van der Waals surface area (Å²) in [4.78, 5) is 1.52. The summed E-state index contributed by atoms with van der Waals surface area (Å²) in [6, 6.07) is 5.45. The first-order chi connectivity index (χ1) is 8.04. The van der Waals surface area contributed by atoms with E-state index in [0.29, 0.717) is 12.2 Å². The molecular formula is C12H18F2N2O. The van der Waals surface area contributed by atoms with Crippen LogP contribution in [0.3, 0.4) is 0 Å². The Balaban J connectivity index is 2.74. The summed E-state index contributed by atoms with van der Waals surface area (Å²) in [7, 11) is 0. The van der Waals surface area contributed by atoms with Crippen LogP contribution in [0.1, 0.15) is 11.1 Å². The van der Waals surface area contributed by atoms with Gasteiger partial charge in [-0.3, -0.25) is 4.90 Å². The van der Waals surface area contributed by atoms with Crippen LogP contribution in [0.15, 0.2) is 18.2 Å². The molecule has 0 aliphatic carbocycles. The first-order valence-electron chi connectivity index (χ1n) is 5.50. The zero-order valence-electron chi connectivity index (χ0n) is 9.87. The number of anilines is 1. The van der Waals surface area contributed by atoms with Crippen LogP contribution >= 0.6 is 0 Å². The lowest BCUT2D eigenvalue weighted by Gasteiger charge is -2.22. The van der Waals surface area contributed by atoms with Gasteiger partial charge in [0.1, 0.15) is 0 Å². The first kappa shape index (κ1) is 13.9. The average Bonchev–Trinajstić information content (AvgIpc) is 2.24. The van der Waals surface area contributed by atoms with Crippen molar-refractivity contribution in [3.63, 3.8) is 0 Å². The third kappa shape index (κ3) is 4.28. The predicted octanol–water partition coefficient (Wildman–Crippen LogP) is 1.64. The van der Waals surface area contributed by atoms with Crippen molar-refractivity contribution in [1.82, 2.24) is 4.90 Å². The fourth-order valence-electron chi connectivity index (χ4n) is 1.69. The summed E-state index contributed by atoms with van der Waals surface area (Å²) in [5.41, 5.74) is 8.23. The molecule has 0 atom stereocenters. The number of alkyl halides is 2. The molecule has 0 amide bonds. The molecule has 3 nitrogen and oxygen atoms in total. The quantitative estimate of drug-likeness (QED) is 0.748. The maximum Gasteiger partial charge on any atom is 0.251 e. The maximum atomic E-state index is 12.3. The minimum absolute atomic E-state index is 0.131. The van der Waals surface area contributed by atoms with Crippen molar-refractivity contribution in [3.05, 3.63) is 29.3 Å². The molecular weight excluding hydrogens is 226 g/mol. The van der Waals surface area contributed by atoms with E-state index in [2.05, 4.69) is 0 Å². The highest BCUT2D eigenvalue weighted by molar-refractivity contribution is 5.49. The normalized spacial score (nSPS) is 11.4. The van der Waals surface area contributed by atoms with Gasteiger partial charge in [0.2, 0.25) is 0 Å². The lowest BCUT2D eigenvalue weighted by atomic mass is 10.1. The predicted molar refractivity (Wildman–Crippen MR) is 64.0 cm³/mol. The van der Waals surface area contributed by atoms with Gasteiger partial charge in [0.25, 0.3) is 6.43 Å². The molecule has 5 heteroatoms. The zero-order chi connectivity index (χ0) is 12.8. The lowest BCUT2D eigenvalue weighted by molar-refractivity contribution is 0.0746. The Morgan fingerprint density at radius 1 is 1.41 bits per heavy atom. The van der Waals surface area contributed by atoms with E-state index < -0.39 is 6.43 Å². The number of aliphatic hydroxyl groups excluding tert-OH is 1. The van der Waals surface area contributed by atoms with Crippen molar-refractivity contribution >= 4 is 5.69 Å². The van der Waals surface area contributed by atoms with Gasteiger partial charge in [-0.05, 0) is 24.1 Å². The Morgan fingerprint density at radius 3 is 2.71 bits per heavy atom. The third-order valence-corrected chi connectivity index (χ3v) is 2.69. The Kier molecular flexibility index (Phi) is 5.31. The second-order valence-corrected chi connectivity index (χ2v) is 3.98. The number of nitrogens with two attached hydrogens (primary N) is 1. The van der Waals surface area contributed by atoms with Crippen molar-refractivity contribution < 1.29 is 13.9 Å². The molecule has 0 unspecified atom stereocenters. The van der Waals surface area contributed by atoms with Gasteiger partial charge in [-0.1, -0.05) is 12.1 Å². The molecule has 0 saturated carbocycles. The van der Waals surface area contributed by atoms with Crippen LogP contribution in [0.5, 0.6) is 0 Å². The van der Waals surface area contributed by atoms with E-state index in [4.69, 9.17) is 10.8 Å². The lowest BCUT2D eigenvalue weighted by Crippen LogP contribution is -2.31. The topological polar surface area (TPSA) is 49.5 Å². The maximum absolute atomic E-state index is 12.3. The van der Waals surface area contributed by atoms with E-state index in [1.807, 2.05) is 13.0 Å². The number of aliphatic hydroxyl groups is 1. The molecule has 0 radical (unpaired) electrons. The number of halogens is 2. The van der Waals surface area contributed by atoms with E-state index >= 15 is 0 Å². The molecule has 3 N–H and O–H groups in total. The average molecular weight is 244 g/mol. The molecule has 1 aromatic carbocycles. The van der Waals surface area contributed by atoms with Gasteiger partial charge in [-0.2, -0.15) is 0 Å². The summed E-state index contributed by atoms with van der Waals surface area (Å²) < 4.78 is 24.7. The number of nitrogen functional groups attached to an aromatic ring is 1. The Labute approximate surface area is 99.8 Å². The van der Waals surface area contributed by atoms with Gasteiger partial charge in [-0.15, -0.1) is 0 Å². The zero-order valence-corrected chi connectivity index (χ0v) is 9.87. The Bertz CT molecular complexity index is 358. The van der Waals surface area contributed by atoms with E-state index in [1.165, 1.54) is 4.90 Å². The molecule has 96 valence electrons. The van der Waals surface area contributed by atoms with Gasteiger partial charge < -0.3 is 10.8 Å². The molecule has 1 aromatic rings. The van der Waals surface area contributed by atoms with E-state index in [0.717, 1.165) is 11.1 Å². The second-order valence-electron chi connectivity index (χ2n) is 3.98. The van der Waals surface area contributed by atoms with Gasteiger partial charge >= 0.3 is 0 Å². The summed E-state index contributed by atoms with van der Waals surface area (Å²) in [6.07, 6.45) is -2.40. The van der Waals surface area contributed by atoms with Crippen LogP contribution in [0.2, 0.25) is 0 Å². The Morgan fingerprint density at radius 2 is 2.12 bits per heavy atom. The van der Waals surface area contributed by atoms with Crippen molar-refractivity contribution in [2.75, 3.05) is 25.4 Å². The molecule has 0 saturated heterocycles. The third-order valence-electron chi connectivity index (χ3n) is 2.69. The molecule has 0 aromatic heterocycles. The highest BCUT2D eigenvalue weighted by atomic mass is 19.3. The van der Waals surface area contributed by atoms with Gasteiger partial charge in [-0.25, -0.2) is 8.78 Å². The number of hydrogen-bond acceptors (Lipinski definition) is 3. The largest absolute Gasteiger partial charge is 0.399 e. The standard InChI is InChI=1S/C12H18F2N2O/c1-9-10(3-2-4-11(9)15)7-16(5-6-17)8-12(13)14/h2-4,12,17H,5-8,15H2,1H3. The fourth-order valence-corrected chi connectivity index (χ4v) is 1.69. The van der Waals surface area contributed by atoms with Crippen LogP contribution in [0.4, 0.5) is 14.5 Å². The summed E-state index contributed by atoms with van der Waals surface area (Å²) >= 11 is 0. The molecule has 0 spiro atoms. The highest BCUT2D eigenvalue weighted by Gasteiger charge is 2.13. The monoisotopic (exact) mass is 244 g/mol. The van der Waals surface area contributed by atoms with Gasteiger partial charge in [0.05, 0.1) is 13.2 Å². The van der Waals surface area contributed by atoms with Crippen LogP contribution in [0.25, 0.3) is 0 Å². The molecule has 0 heterocycles. The van der Waals surface area contributed by atoms with Crippen molar-refractivity contribution in [2.24, 2.45) is 0 Å². The van der Waals surface area contributed by atoms with Gasteiger partial charge in [0.15, 0.2) is 0 Å². The van der Waals surface area contributed by atoms with E-state index in [-0.39, 0.29) is 19.7 Å². The molecule has 0 aliphatic heterocycles. The summed E-state index contributed by atoms with van der Waals surface area (Å²) in [5, 5.41) is 8.84. The Hall–Kier alpha value is -1.20. The summed E-state index contributed by atoms with van der Waals surface area (Å²) in [5.74, 6) is 0. The summed E-state index contributed by atoms with van der Waals surface area (Å²) in [6.45, 7) is 2.01. The smallest absolute Gasteiger partial charge is 0.251 e. The number of hydrogen-bond donors (Lipinski definition) is 2. The van der Waals surface area contributed by atoms with Crippen molar-refractivity contribution in [3.8, 4) is 0 Å². The van der Waals surface area contributed by atoms with E-state index in [1.54, 1.807) is 12.1 Å². The van der Waals surface area contributed by atoms with Crippen molar-refractivity contribution in [2.45, 2.75) is 19.9 Å². The van der Waals surface area contributed by atoms with Crippen LogP contribution in [-0.2, 0) is 6.54 Å². The van der Waals surface area contributed by atoms with Crippen LogP contribution < -0.4 is 5.73 Å². The van der Waals surface area contributed by atoms with Crippen LogP contribution in [-0.4, -0.2) is 36.1 Å². The number of rotatable bonds is 6. The minimum atomic E-state index is -2.40. The molecule has 1 rings (SSSR count). The van der Waals surface area contributed by atoms with Gasteiger partial charge in [0, 0.05) is 18.8 Å². The second kappa shape index (κ2) is 6.51. The first-order valence-corrected chi connectivity index (χ1v) is 5.50. The fraction of sp³-hybridized carbons (Fsp3) is 0.500. The minimum Gasteiger partial charge on any atom is -0.399 e. The molecule has 0 bridgehead atoms. The molecule has 17 heavy (non-hydrogen) atoms. The number of benzene rings is 1. The van der Waals surface area contributed by atoms with E-state index in [9.17, 15) is 8.78 Å². The number of nitrogens with zero attached hydrogens (tertiary/aromatic N) is 1. The molecule has 0 fully saturated rings. The highest BCUT2D eigenvalue weighted by Crippen LogP contribution is 2.17. The SMILES string of the molecule is Cc1c(N)cccc1CN(CCO)CC(F)F. The van der Waals surface area contributed by atoms with Crippen molar-refractivity contribution in [1.29, 1.82) is 0 Å². The molecule has 0 aliphatic rings. The van der Waals surface area contributed by atoms with Crippen LogP contribution in [0, 0.1) is 6.92 Å².